The van der Waals surface area contributed by atoms with Gasteiger partial charge in [0.15, 0.2) is 6.10 Å². The number of pyridine rings is 1. The Kier molecular flexibility index (Phi) is 12.0. The van der Waals surface area contributed by atoms with Crippen LogP contribution in [0, 0.1) is 32.1 Å². The fourth-order valence-electron chi connectivity index (χ4n) is 3.67. The van der Waals surface area contributed by atoms with E-state index < -0.39 is 17.7 Å². The molecular weight excluding hydrogens is 490 g/mol. The summed E-state index contributed by atoms with van der Waals surface area (Å²) < 4.78 is 16.1. The lowest BCUT2D eigenvalue weighted by molar-refractivity contribution is -0.164. The third-order valence-electron chi connectivity index (χ3n) is 5.10. The first-order valence-corrected chi connectivity index (χ1v) is 12.8. The molecule has 1 aromatic carbocycles. The van der Waals surface area contributed by atoms with Gasteiger partial charge in [-0.15, -0.1) is 0 Å². The summed E-state index contributed by atoms with van der Waals surface area (Å²) in [7, 11) is 1.28. The van der Waals surface area contributed by atoms with E-state index in [0.717, 1.165) is 22.6 Å². The number of carbonyl (C=O) groups excluding carboxylic acids is 1. The zero-order chi connectivity index (χ0) is 28.5. The minimum Gasteiger partial charge on any atom is -0.467 e. The third-order valence-corrected chi connectivity index (χ3v) is 5.50. The Morgan fingerprint density at radius 3 is 2.00 bits per heavy atom. The van der Waals surface area contributed by atoms with Crippen LogP contribution in [0.25, 0.3) is 22.4 Å². The Morgan fingerprint density at radius 2 is 1.57 bits per heavy atom. The Morgan fingerprint density at radius 1 is 1.03 bits per heavy atom. The molecule has 0 radical (unpaired) electrons. The number of hydrogen-bond acceptors (Lipinski definition) is 7. The predicted octanol–water partition coefficient (Wildman–Crippen LogP) is 7.94. The molecule has 0 bridgehead atoms. The summed E-state index contributed by atoms with van der Waals surface area (Å²) in [5, 5.41) is 14.0. The molecule has 7 nitrogen and oxygen atoms in total. The minimum atomic E-state index is -1.11. The number of nitriles is 1. The van der Waals surface area contributed by atoms with Crippen LogP contribution in [-0.2, 0) is 14.3 Å². The van der Waals surface area contributed by atoms with Gasteiger partial charge in [-0.25, -0.2) is 4.79 Å². The summed E-state index contributed by atoms with van der Waals surface area (Å²) in [6.45, 7) is 18.9. The van der Waals surface area contributed by atoms with Gasteiger partial charge >= 0.3 is 5.97 Å². The van der Waals surface area contributed by atoms with Gasteiger partial charge in [0.25, 0.3) is 0 Å². The van der Waals surface area contributed by atoms with Crippen LogP contribution in [0.15, 0.2) is 28.8 Å². The Labute approximate surface area is 225 Å². The van der Waals surface area contributed by atoms with Crippen LogP contribution in [-0.4, -0.2) is 28.8 Å². The second-order valence-electron chi connectivity index (χ2n) is 8.67. The first-order chi connectivity index (χ1) is 17.5. The van der Waals surface area contributed by atoms with E-state index >= 15 is 0 Å². The maximum Gasteiger partial charge on any atom is 0.339 e. The zero-order valence-corrected chi connectivity index (χ0v) is 24.5. The number of hydrogen-bond donors (Lipinski definition) is 0. The van der Waals surface area contributed by atoms with Crippen molar-refractivity contribution in [1.29, 1.82) is 5.26 Å². The second kappa shape index (κ2) is 13.9. The first-order valence-electron chi connectivity index (χ1n) is 12.4. The van der Waals surface area contributed by atoms with Crippen molar-refractivity contribution in [2.24, 2.45) is 0 Å². The van der Waals surface area contributed by atoms with Crippen LogP contribution >= 0.6 is 11.6 Å². The maximum atomic E-state index is 12.5. The van der Waals surface area contributed by atoms with Crippen molar-refractivity contribution in [3.8, 4) is 28.5 Å². The van der Waals surface area contributed by atoms with Gasteiger partial charge in [-0.05, 0) is 47.1 Å². The Hall–Kier alpha value is -3.21. The largest absolute Gasteiger partial charge is 0.467 e. The number of aromatic nitrogens is 2. The van der Waals surface area contributed by atoms with Gasteiger partial charge in [-0.2, -0.15) is 5.26 Å². The predicted molar refractivity (Wildman–Crippen MR) is 147 cm³/mol. The topological polar surface area (TPSA) is 98.2 Å². The van der Waals surface area contributed by atoms with Crippen molar-refractivity contribution in [2.75, 3.05) is 7.11 Å². The van der Waals surface area contributed by atoms with Crippen molar-refractivity contribution in [3.05, 3.63) is 57.6 Å². The van der Waals surface area contributed by atoms with Gasteiger partial charge in [0.1, 0.15) is 11.8 Å². The molecule has 3 rings (SSSR count). The van der Waals surface area contributed by atoms with Crippen LogP contribution in [0.2, 0.25) is 5.02 Å². The van der Waals surface area contributed by atoms with Crippen LogP contribution in [0.4, 0.5) is 0 Å². The second-order valence-corrected chi connectivity index (χ2v) is 9.05. The molecule has 37 heavy (non-hydrogen) atoms. The van der Waals surface area contributed by atoms with Gasteiger partial charge in [-0.1, -0.05) is 68.7 Å². The minimum absolute atomic E-state index is 0.120. The van der Waals surface area contributed by atoms with E-state index in [4.69, 9.17) is 25.6 Å². The van der Waals surface area contributed by atoms with Gasteiger partial charge in [0, 0.05) is 22.4 Å². The smallest absolute Gasteiger partial charge is 0.339 e. The van der Waals surface area contributed by atoms with E-state index in [-0.39, 0.29) is 10.6 Å². The number of benzene rings is 1. The molecule has 0 aliphatic rings. The molecule has 0 fully saturated rings. The number of carbonyl (C=O) groups is 1. The summed E-state index contributed by atoms with van der Waals surface area (Å²) in [6, 6.07) is 9.70. The molecule has 3 aromatic rings. The number of halogens is 1. The molecule has 0 aliphatic heterocycles. The number of rotatable bonds is 5. The first kappa shape index (κ1) is 31.8. The highest BCUT2D eigenvalue weighted by atomic mass is 35.5. The van der Waals surface area contributed by atoms with E-state index in [1.54, 1.807) is 6.92 Å². The molecule has 0 amide bonds. The lowest BCUT2D eigenvalue weighted by Crippen LogP contribution is -2.29. The molecule has 0 saturated heterocycles. The fourth-order valence-corrected chi connectivity index (χ4v) is 4.04. The van der Waals surface area contributed by atoms with E-state index in [1.165, 1.54) is 7.11 Å². The van der Waals surface area contributed by atoms with Crippen molar-refractivity contribution in [2.45, 2.75) is 80.9 Å². The highest BCUT2D eigenvalue weighted by molar-refractivity contribution is 6.33. The quantitative estimate of drug-likeness (QED) is 0.310. The van der Waals surface area contributed by atoms with Crippen LogP contribution in [0.1, 0.15) is 82.8 Å². The van der Waals surface area contributed by atoms with Crippen molar-refractivity contribution in [3.63, 3.8) is 0 Å². The lowest BCUT2D eigenvalue weighted by Gasteiger charge is -2.28. The monoisotopic (exact) mass is 527 g/mol. The normalized spacial score (nSPS) is 11.3. The molecule has 1 atom stereocenters. The Bertz CT molecular complexity index is 1220. The SMILES string of the molecule is CC.CC.COC(=O)[C@@H](OC(C)(C)C)c1c(C)nc(-c2ccc(-c3c(C)noc3C)cc2)c(C#N)c1Cl. The molecule has 8 heteroatoms. The molecule has 2 aromatic heterocycles. The van der Waals surface area contributed by atoms with Gasteiger partial charge in [-0.3, -0.25) is 4.98 Å². The number of aryl methyl sites for hydroxylation is 3. The van der Waals surface area contributed by atoms with Gasteiger partial charge < -0.3 is 14.0 Å². The average molecular weight is 528 g/mol. The molecule has 200 valence electrons. The number of nitrogens with zero attached hydrogens (tertiary/aromatic N) is 3. The third kappa shape index (κ3) is 7.41. The summed E-state index contributed by atoms with van der Waals surface area (Å²) in [6.07, 6.45) is -1.11. The summed E-state index contributed by atoms with van der Waals surface area (Å²) in [5.74, 6) is 0.115. The molecule has 0 saturated carbocycles. The molecule has 0 unspecified atom stereocenters. The van der Waals surface area contributed by atoms with Crippen molar-refractivity contribution >= 4 is 17.6 Å². The summed E-state index contributed by atoms with van der Waals surface area (Å²) >= 11 is 6.68. The summed E-state index contributed by atoms with van der Waals surface area (Å²) in [4.78, 5) is 17.2. The van der Waals surface area contributed by atoms with E-state index in [2.05, 4.69) is 16.2 Å². The zero-order valence-electron chi connectivity index (χ0n) is 23.7. The van der Waals surface area contributed by atoms with E-state index in [1.807, 2.05) is 86.6 Å². The fraction of sp³-hybridized carbons (Fsp3) is 0.448. The Balaban J connectivity index is 0.00000163. The van der Waals surface area contributed by atoms with Crippen LogP contribution in [0.5, 0.6) is 0 Å². The van der Waals surface area contributed by atoms with Crippen LogP contribution in [0.3, 0.4) is 0 Å². The lowest BCUT2D eigenvalue weighted by atomic mass is 9.97. The van der Waals surface area contributed by atoms with Gasteiger partial charge in [0.2, 0.25) is 0 Å². The van der Waals surface area contributed by atoms with Crippen molar-refractivity contribution < 1.29 is 18.8 Å². The number of methoxy groups -OCH3 is 1. The highest BCUT2D eigenvalue weighted by Gasteiger charge is 2.33. The van der Waals surface area contributed by atoms with Crippen LogP contribution < -0.4 is 0 Å². The molecule has 0 N–H and O–H groups in total. The number of ether oxygens (including phenoxy) is 2. The maximum absolute atomic E-state index is 12.5. The van der Waals surface area contributed by atoms with E-state index in [0.29, 0.717) is 22.5 Å². The van der Waals surface area contributed by atoms with Crippen molar-refractivity contribution in [1.82, 2.24) is 10.1 Å². The highest BCUT2D eigenvalue weighted by Crippen LogP contribution is 2.38. The molecule has 0 spiro atoms. The van der Waals surface area contributed by atoms with Gasteiger partial charge in [0.05, 0.1) is 34.7 Å². The molecular formula is C29H38ClN3O4. The number of esters is 1. The molecule has 0 aliphatic carbocycles. The molecule has 2 heterocycles. The average Bonchev–Trinajstić information content (AvgIpc) is 3.22. The van der Waals surface area contributed by atoms with E-state index in [9.17, 15) is 10.1 Å². The summed E-state index contributed by atoms with van der Waals surface area (Å²) in [5.41, 5.74) is 4.11. The standard InChI is InChI=1S/C25H26ClN3O4.2C2H6/c1-13-20(23(24(30)31-7)32-25(4,5)6)21(26)18(12-27)22(28-13)17-10-8-16(9-11-17)19-14(2)29-33-15(19)3;2*1-2/h8-11,23H,1-7H3;2*1-2H3/t23-;;/m0../s1.